The molecule has 0 aliphatic carbocycles. The first kappa shape index (κ1) is 26.4. The van der Waals surface area contributed by atoms with Crippen LogP contribution in [0.3, 0.4) is 0 Å². The lowest BCUT2D eigenvalue weighted by Gasteiger charge is -2.17. The number of aryl methyl sites for hydroxylation is 1. The summed E-state index contributed by atoms with van der Waals surface area (Å²) in [6.07, 6.45) is -1.66. The van der Waals surface area contributed by atoms with E-state index in [1.165, 1.54) is 30.7 Å². The van der Waals surface area contributed by atoms with Gasteiger partial charge in [-0.15, -0.1) is 0 Å². The van der Waals surface area contributed by atoms with Crippen LogP contribution in [0.15, 0.2) is 48.7 Å². The van der Waals surface area contributed by atoms with Crippen molar-refractivity contribution >= 4 is 16.9 Å². The van der Waals surface area contributed by atoms with Gasteiger partial charge in [0.25, 0.3) is 0 Å². The first-order valence-electron chi connectivity index (χ1n) is 10.6. The van der Waals surface area contributed by atoms with E-state index in [2.05, 4.69) is 20.0 Å². The van der Waals surface area contributed by atoms with Crippen LogP contribution in [0.2, 0.25) is 0 Å². The van der Waals surface area contributed by atoms with Crippen molar-refractivity contribution in [2.45, 2.75) is 39.0 Å². The fraction of sp³-hybridized carbons (Fsp3) is 0.292. The Morgan fingerprint density at radius 2 is 1.83 bits per heavy atom. The Hall–Kier alpha value is -3.18. The third-order valence-electron chi connectivity index (χ3n) is 5.42. The van der Waals surface area contributed by atoms with Gasteiger partial charge in [0.05, 0.1) is 22.6 Å². The number of alkyl halides is 3. The number of benzene rings is 1. The lowest BCUT2D eigenvalue weighted by molar-refractivity contribution is -0.141. The summed E-state index contributed by atoms with van der Waals surface area (Å²) in [7, 11) is -1.29. The van der Waals surface area contributed by atoms with Crippen molar-refractivity contribution in [2.75, 3.05) is 6.26 Å². The summed E-state index contributed by atoms with van der Waals surface area (Å²) >= 11 is 0. The van der Waals surface area contributed by atoms with Gasteiger partial charge in [0.2, 0.25) is 5.91 Å². The Balaban J connectivity index is 1.80. The summed E-state index contributed by atoms with van der Waals surface area (Å²) in [6.45, 7) is 3.26. The summed E-state index contributed by atoms with van der Waals surface area (Å²) in [5, 5.41) is 2.70. The molecule has 0 saturated heterocycles. The Labute approximate surface area is 202 Å². The predicted octanol–water partition coefficient (Wildman–Crippen LogP) is 4.41. The molecule has 0 saturated carbocycles. The second-order valence-electron chi connectivity index (χ2n) is 7.90. The van der Waals surface area contributed by atoms with Gasteiger partial charge in [-0.25, -0.2) is 18.3 Å². The standard InChI is InChI=1S/C24H24F4N4O2S/c1-14(16-6-7-17(20(25)11-16)13-31-35(3)34)23(33)30-12-18-8-9-21(24(26,27)28)32-22(18)19-5-4-10-29-15(19)2/h4-11,14,31H,12-13H2,1-3H3,(H,30,33). The summed E-state index contributed by atoms with van der Waals surface area (Å²) in [5.74, 6) is -1.70. The first-order chi connectivity index (χ1) is 16.5. The minimum atomic E-state index is -4.63. The maximum atomic E-state index is 14.4. The highest BCUT2D eigenvalue weighted by atomic mass is 32.2. The zero-order valence-corrected chi connectivity index (χ0v) is 20.1. The van der Waals surface area contributed by atoms with Crippen LogP contribution in [0.1, 0.15) is 40.9 Å². The summed E-state index contributed by atoms with van der Waals surface area (Å²) in [4.78, 5) is 20.7. The molecule has 11 heteroatoms. The van der Waals surface area contributed by atoms with Gasteiger partial charge >= 0.3 is 6.18 Å². The molecule has 0 aliphatic heterocycles. The van der Waals surface area contributed by atoms with Crippen LogP contribution >= 0.6 is 0 Å². The van der Waals surface area contributed by atoms with Crippen LogP contribution in [0.5, 0.6) is 0 Å². The number of nitrogens with one attached hydrogen (secondary N) is 2. The van der Waals surface area contributed by atoms with Crippen molar-refractivity contribution in [2.24, 2.45) is 0 Å². The van der Waals surface area contributed by atoms with E-state index < -0.39 is 40.5 Å². The zero-order valence-electron chi connectivity index (χ0n) is 19.2. The van der Waals surface area contributed by atoms with Crippen LogP contribution < -0.4 is 10.0 Å². The number of amides is 1. The number of carbonyl (C=O) groups excluding carboxylic acids is 1. The van der Waals surface area contributed by atoms with Crippen molar-refractivity contribution < 1.29 is 26.6 Å². The highest BCUT2D eigenvalue weighted by molar-refractivity contribution is 7.82. The smallest absolute Gasteiger partial charge is 0.351 e. The third-order valence-corrected chi connectivity index (χ3v) is 5.97. The first-order valence-corrected chi connectivity index (χ1v) is 12.1. The minimum Gasteiger partial charge on any atom is -0.351 e. The van der Waals surface area contributed by atoms with Gasteiger partial charge in [0.1, 0.15) is 11.5 Å². The molecule has 3 rings (SSSR count). The molecule has 186 valence electrons. The number of halogens is 4. The maximum absolute atomic E-state index is 14.4. The Kier molecular flexibility index (Phi) is 8.34. The quantitative estimate of drug-likeness (QED) is 0.442. The maximum Gasteiger partial charge on any atom is 0.433 e. The third kappa shape index (κ3) is 6.70. The normalized spacial score (nSPS) is 13.3. The van der Waals surface area contributed by atoms with E-state index >= 15 is 0 Å². The number of aromatic nitrogens is 2. The van der Waals surface area contributed by atoms with Crippen molar-refractivity contribution in [3.05, 3.63) is 82.6 Å². The van der Waals surface area contributed by atoms with Crippen LogP contribution in [0.4, 0.5) is 17.6 Å². The molecule has 1 amide bonds. The van der Waals surface area contributed by atoms with Gasteiger partial charge in [0.15, 0.2) is 0 Å². The molecule has 0 radical (unpaired) electrons. The van der Waals surface area contributed by atoms with Crippen LogP contribution in [-0.4, -0.2) is 26.3 Å². The zero-order chi connectivity index (χ0) is 25.8. The van der Waals surface area contributed by atoms with Gasteiger partial charge in [0, 0.05) is 42.4 Å². The average molecular weight is 509 g/mol. The molecular weight excluding hydrogens is 484 g/mol. The number of nitrogens with zero attached hydrogens (tertiary/aromatic N) is 2. The number of hydrogen-bond acceptors (Lipinski definition) is 4. The van der Waals surface area contributed by atoms with E-state index in [4.69, 9.17) is 0 Å². The minimum absolute atomic E-state index is 0.0766. The number of carbonyl (C=O) groups is 1. The molecule has 2 heterocycles. The van der Waals surface area contributed by atoms with Gasteiger partial charge in [-0.3, -0.25) is 9.78 Å². The summed E-state index contributed by atoms with van der Waals surface area (Å²) < 4.78 is 68.0. The summed E-state index contributed by atoms with van der Waals surface area (Å²) in [5.41, 5.74) is 1.08. The van der Waals surface area contributed by atoms with Crippen LogP contribution in [0, 0.1) is 12.7 Å². The lowest BCUT2D eigenvalue weighted by Crippen LogP contribution is -2.28. The molecule has 2 atom stereocenters. The highest BCUT2D eigenvalue weighted by Crippen LogP contribution is 2.32. The molecule has 3 aromatic rings. The molecule has 0 spiro atoms. The summed E-state index contributed by atoms with van der Waals surface area (Å²) in [6, 6.07) is 9.72. The van der Waals surface area contributed by atoms with Crippen LogP contribution in [-0.2, 0) is 35.0 Å². The van der Waals surface area contributed by atoms with Gasteiger partial charge < -0.3 is 5.32 Å². The van der Waals surface area contributed by atoms with Crippen LogP contribution in [0.25, 0.3) is 11.3 Å². The average Bonchev–Trinajstić information content (AvgIpc) is 2.80. The second kappa shape index (κ2) is 11.0. The number of pyridine rings is 2. The monoisotopic (exact) mass is 508 g/mol. The topological polar surface area (TPSA) is 84.0 Å². The molecule has 6 nitrogen and oxygen atoms in total. The molecule has 0 aliphatic rings. The molecular formula is C24H24F4N4O2S. The van der Waals surface area contributed by atoms with E-state index in [1.807, 2.05) is 0 Å². The van der Waals surface area contributed by atoms with Gasteiger partial charge in [-0.1, -0.05) is 18.2 Å². The lowest BCUT2D eigenvalue weighted by atomic mass is 9.98. The van der Waals surface area contributed by atoms with Crippen molar-refractivity contribution in [1.29, 1.82) is 0 Å². The Morgan fingerprint density at radius 3 is 2.46 bits per heavy atom. The molecule has 0 fully saturated rings. The number of rotatable bonds is 8. The fourth-order valence-electron chi connectivity index (χ4n) is 3.40. The molecule has 2 aromatic heterocycles. The van der Waals surface area contributed by atoms with E-state index in [0.717, 1.165) is 6.07 Å². The van der Waals surface area contributed by atoms with Crippen molar-refractivity contribution in [3.8, 4) is 11.3 Å². The van der Waals surface area contributed by atoms with Gasteiger partial charge in [-0.05, 0) is 49.2 Å². The van der Waals surface area contributed by atoms with Gasteiger partial charge in [-0.2, -0.15) is 13.2 Å². The Morgan fingerprint density at radius 1 is 1.11 bits per heavy atom. The molecule has 0 bridgehead atoms. The Bertz CT molecular complexity index is 1250. The predicted molar refractivity (Wildman–Crippen MR) is 125 cm³/mol. The van der Waals surface area contributed by atoms with E-state index in [-0.39, 0.29) is 18.8 Å². The molecule has 2 unspecified atom stereocenters. The van der Waals surface area contributed by atoms with Crippen molar-refractivity contribution in [3.63, 3.8) is 0 Å². The van der Waals surface area contributed by atoms with Crippen molar-refractivity contribution in [1.82, 2.24) is 20.0 Å². The fourth-order valence-corrected chi connectivity index (χ4v) is 3.76. The van der Waals surface area contributed by atoms with E-state index in [0.29, 0.717) is 27.9 Å². The molecule has 35 heavy (non-hydrogen) atoms. The molecule has 2 N–H and O–H groups in total. The highest BCUT2D eigenvalue weighted by Gasteiger charge is 2.33. The number of hydrogen-bond donors (Lipinski definition) is 2. The van der Waals surface area contributed by atoms with E-state index in [9.17, 15) is 26.6 Å². The largest absolute Gasteiger partial charge is 0.433 e. The molecule has 1 aromatic carbocycles. The second-order valence-corrected chi connectivity index (χ2v) is 9.10. The SMILES string of the molecule is Cc1ncccc1-c1nc(C(F)(F)F)ccc1CNC(=O)C(C)c1ccc(CNS(C)=O)c(F)c1. The van der Waals surface area contributed by atoms with E-state index in [1.54, 1.807) is 32.0 Å².